The lowest BCUT2D eigenvalue weighted by atomic mass is 10.1. The van der Waals surface area contributed by atoms with Crippen molar-refractivity contribution in [2.45, 2.75) is 30.7 Å². The molecule has 0 aliphatic carbocycles. The number of amides is 2. The van der Waals surface area contributed by atoms with Gasteiger partial charge in [-0.3, -0.25) is 14.4 Å². The molecule has 0 bridgehead atoms. The molecule has 1 aromatic carbocycles. The maximum Gasteiger partial charge on any atom is 0.264 e. The van der Waals surface area contributed by atoms with Crippen molar-refractivity contribution in [3.05, 3.63) is 52.2 Å². The number of ketones is 1. The second-order valence-electron chi connectivity index (χ2n) is 7.94. The minimum absolute atomic E-state index is 0.115. The van der Waals surface area contributed by atoms with Gasteiger partial charge in [-0.1, -0.05) is 18.2 Å². The minimum Gasteiger partial charge on any atom is -0.338 e. The van der Waals surface area contributed by atoms with E-state index in [0.29, 0.717) is 23.4 Å². The maximum absolute atomic E-state index is 13.1. The third-order valence-corrected chi connectivity index (χ3v) is 8.75. The molecule has 2 amide bonds. The zero-order chi connectivity index (χ0) is 22.9. The number of likely N-dealkylation sites (tertiary alicyclic amines) is 1. The summed E-state index contributed by atoms with van der Waals surface area (Å²) in [6, 6.07) is 8.99. The van der Waals surface area contributed by atoms with Crippen molar-refractivity contribution < 1.29 is 22.8 Å². The summed E-state index contributed by atoms with van der Waals surface area (Å²) in [5, 5.41) is 1.84. The van der Waals surface area contributed by atoms with Gasteiger partial charge in [0.25, 0.3) is 5.91 Å². The van der Waals surface area contributed by atoms with Gasteiger partial charge >= 0.3 is 0 Å². The van der Waals surface area contributed by atoms with Gasteiger partial charge in [0.2, 0.25) is 15.9 Å². The van der Waals surface area contributed by atoms with E-state index in [1.54, 1.807) is 15.9 Å². The highest BCUT2D eigenvalue weighted by atomic mass is 32.2. The minimum atomic E-state index is -3.71. The average Bonchev–Trinajstić information content (AvgIpc) is 3.51. The number of benzene rings is 1. The summed E-state index contributed by atoms with van der Waals surface area (Å²) < 4.78 is 27.3. The van der Waals surface area contributed by atoms with Crippen LogP contribution in [0.5, 0.6) is 0 Å². The van der Waals surface area contributed by atoms with Crippen LogP contribution >= 0.6 is 11.3 Å². The number of rotatable bonds is 5. The molecule has 0 saturated carbocycles. The molecule has 1 aromatic heterocycles. The zero-order valence-corrected chi connectivity index (χ0v) is 19.4. The first-order valence-corrected chi connectivity index (χ1v) is 12.9. The summed E-state index contributed by atoms with van der Waals surface area (Å²) in [7, 11) is -3.71. The van der Waals surface area contributed by atoms with Crippen LogP contribution in [-0.4, -0.2) is 78.9 Å². The molecular formula is C22H25N3O5S2. The molecule has 8 nitrogen and oxygen atoms in total. The Bertz CT molecular complexity index is 1100. The van der Waals surface area contributed by atoms with E-state index < -0.39 is 16.1 Å². The molecule has 3 heterocycles. The molecule has 0 unspecified atom stereocenters. The fourth-order valence-corrected chi connectivity index (χ4v) is 6.28. The maximum atomic E-state index is 13.1. The van der Waals surface area contributed by atoms with Crippen molar-refractivity contribution in [3.63, 3.8) is 0 Å². The molecule has 32 heavy (non-hydrogen) atoms. The van der Waals surface area contributed by atoms with Crippen molar-refractivity contribution in [2.24, 2.45) is 0 Å². The van der Waals surface area contributed by atoms with E-state index in [2.05, 4.69) is 0 Å². The number of nitrogens with zero attached hydrogens (tertiary/aromatic N) is 3. The van der Waals surface area contributed by atoms with Crippen LogP contribution in [0.15, 0.2) is 46.7 Å². The van der Waals surface area contributed by atoms with Crippen LogP contribution in [0.3, 0.4) is 0 Å². The van der Waals surface area contributed by atoms with E-state index in [0.717, 1.165) is 6.42 Å². The molecule has 2 saturated heterocycles. The first kappa shape index (κ1) is 22.6. The summed E-state index contributed by atoms with van der Waals surface area (Å²) >= 11 is 1.36. The molecule has 170 valence electrons. The summed E-state index contributed by atoms with van der Waals surface area (Å²) in [5.41, 5.74) is 0.456. The SMILES string of the molecule is CC(=O)c1ccc(S(=O)(=O)N2CCN(C(=O)[C@@H]3CCCN3C(=O)c3cccs3)CC2)cc1. The van der Waals surface area contributed by atoms with Gasteiger partial charge < -0.3 is 9.80 Å². The molecule has 2 aromatic rings. The first-order chi connectivity index (χ1) is 15.3. The Morgan fingerprint density at radius 3 is 2.25 bits per heavy atom. The topological polar surface area (TPSA) is 95.1 Å². The Morgan fingerprint density at radius 2 is 1.66 bits per heavy atom. The number of hydrogen-bond donors (Lipinski definition) is 0. The summed E-state index contributed by atoms with van der Waals surface area (Å²) in [6.07, 6.45) is 1.40. The van der Waals surface area contributed by atoms with E-state index in [1.165, 1.54) is 46.8 Å². The summed E-state index contributed by atoms with van der Waals surface area (Å²) in [6.45, 7) is 2.92. The number of thiophene rings is 1. The van der Waals surface area contributed by atoms with Gasteiger partial charge in [-0.15, -0.1) is 11.3 Å². The van der Waals surface area contributed by atoms with Crippen molar-refractivity contribution >= 4 is 39.0 Å². The highest BCUT2D eigenvalue weighted by molar-refractivity contribution is 7.89. The Balaban J connectivity index is 1.40. The van der Waals surface area contributed by atoms with Crippen LogP contribution in [0.1, 0.15) is 39.8 Å². The predicted molar refractivity (Wildman–Crippen MR) is 120 cm³/mol. The summed E-state index contributed by atoms with van der Waals surface area (Å²) in [5.74, 6) is -0.360. The fourth-order valence-electron chi connectivity index (χ4n) is 4.18. The predicted octanol–water partition coefficient (Wildman–Crippen LogP) is 2.09. The van der Waals surface area contributed by atoms with Crippen LogP contribution in [0.25, 0.3) is 0 Å². The van der Waals surface area contributed by atoms with E-state index in [-0.39, 0.29) is 48.7 Å². The van der Waals surface area contributed by atoms with E-state index in [1.807, 2.05) is 11.4 Å². The molecule has 2 aliphatic rings. The van der Waals surface area contributed by atoms with Crippen molar-refractivity contribution in [2.75, 3.05) is 32.7 Å². The highest BCUT2D eigenvalue weighted by Crippen LogP contribution is 2.25. The zero-order valence-electron chi connectivity index (χ0n) is 17.8. The van der Waals surface area contributed by atoms with Crippen LogP contribution in [-0.2, 0) is 14.8 Å². The van der Waals surface area contributed by atoms with Gasteiger partial charge in [0.05, 0.1) is 9.77 Å². The number of carbonyl (C=O) groups excluding carboxylic acids is 3. The molecule has 2 fully saturated rings. The number of hydrogen-bond acceptors (Lipinski definition) is 6. The number of Topliss-reactive ketones (excluding diaryl/α,β-unsaturated/α-hetero) is 1. The Kier molecular flexibility index (Phi) is 6.45. The molecule has 2 aliphatic heterocycles. The molecule has 1 atom stereocenters. The lowest BCUT2D eigenvalue weighted by molar-refractivity contribution is -0.136. The second kappa shape index (κ2) is 9.13. The van der Waals surface area contributed by atoms with Crippen molar-refractivity contribution in [1.82, 2.24) is 14.1 Å². The molecule has 4 rings (SSSR count). The lowest BCUT2D eigenvalue weighted by Crippen LogP contribution is -2.55. The van der Waals surface area contributed by atoms with Crippen molar-refractivity contribution in [1.29, 1.82) is 0 Å². The average molecular weight is 476 g/mol. The quantitative estimate of drug-likeness (QED) is 0.617. The molecule has 0 radical (unpaired) electrons. The first-order valence-electron chi connectivity index (χ1n) is 10.5. The monoisotopic (exact) mass is 475 g/mol. The number of sulfonamides is 1. The molecule has 0 spiro atoms. The number of piperazine rings is 1. The Morgan fingerprint density at radius 1 is 0.969 bits per heavy atom. The van der Waals surface area contributed by atoms with E-state index in [9.17, 15) is 22.8 Å². The van der Waals surface area contributed by atoms with E-state index >= 15 is 0 Å². The molecular weight excluding hydrogens is 450 g/mol. The third kappa shape index (κ3) is 4.35. The smallest absolute Gasteiger partial charge is 0.264 e. The normalized spacial score (nSPS) is 19.8. The van der Waals surface area contributed by atoms with Gasteiger partial charge in [0.15, 0.2) is 5.78 Å². The van der Waals surface area contributed by atoms with Crippen LogP contribution in [0, 0.1) is 0 Å². The van der Waals surface area contributed by atoms with Gasteiger partial charge in [0.1, 0.15) is 6.04 Å². The van der Waals surface area contributed by atoms with Crippen LogP contribution < -0.4 is 0 Å². The van der Waals surface area contributed by atoms with Crippen LogP contribution in [0.2, 0.25) is 0 Å². The van der Waals surface area contributed by atoms with Gasteiger partial charge in [0, 0.05) is 38.3 Å². The van der Waals surface area contributed by atoms with E-state index in [4.69, 9.17) is 0 Å². The highest BCUT2D eigenvalue weighted by Gasteiger charge is 2.39. The lowest BCUT2D eigenvalue weighted by Gasteiger charge is -2.36. The molecule has 0 N–H and O–H groups in total. The summed E-state index contributed by atoms with van der Waals surface area (Å²) in [4.78, 5) is 41.4. The van der Waals surface area contributed by atoms with Gasteiger partial charge in [-0.25, -0.2) is 8.42 Å². The fraction of sp³-hybridized carbons (Fsp3) is 0.409. The van der Waals surface area contributed by atoms with Crippen LogP contribution in [0.4, 0.5) is 0 Å². The second-order valence-corrected chi connectivity index (χ2v) is 10.8. The number of carbonyl (C=O) groups is 3. The van der Waals surface area contributed by atoms with Gasteiger partial charge in [-0.2, -0.15) is 4.31 Å². The third-order valence-electron chi connectivity index (χ3n) is 5.98. The van der Waals surface area contributed by atoms with Gasteiger partial charge in [-0.05, 0) is 43.3 Å². The largest absolute Gasteiger partial charge is 0.338 e. The Labute approximate surface area is 191 Å². The molecule has 10 heteroatoms. The standard InChI is InChI=1S/C22H25N3O5S2/c1-16(26)17-6-8-18(9-7-17)32(29,30)24-13-11-23(12-14-24)21(27)19-4-2-10-25(19)22(28)20-5-3-15-31-20/h3,5-9,15,19H,2,4,10-14H2,1H3/t19-/m0/s1. The van der Waals surface area contributed by atoms with Crippen molar-refractivity contribution in [3.8, 4) is 0 Å². The Hall–Kier alpha value is -2.56.